The van der Waals surface area contributed by atoms with Gasteiger partial charge in [0.2, 0.25) is 0 Å². The monoisotopic (exact) mass is 304 g/mol. The summed E-state index contributed by atoms with van der Waals surface area (Å²) in [5.41, 5.74) is 0.983. The van der Waals surface area contributed by atoms with Crippen LogP contribution in [-0.2, 0) is 0 Å². The van der Waals surface area contributed by atoms with Crippen molar-refractivity contribution in [3.63, 3.8) is 0 Å². The first-order valence-electron chi connectivity index (χ1n) is 5.87. The number of aromatic amines is 2. The highest BCUT2D eigenvalue weighted by molar-refractivity contribution is 7.44. The predicted molar refractivity (Wildman–Crippen MR) is 81.0 cm³/mol. The summed E-state index contributed by atoms with van der Waals surface area (Å²) in [6, 6.07) is 0. The van der Waals surface area contributed by atoms with E-state index in [4.69, 9.17) is 0 Å². The molecule has 0 aliphatic carbocycles. The molecule has 2 N–H and O–H groups in total. The topological polar surface area (TPSA) is 91.5 Å². The molecule has 0 amide bonds. The largest absolute Gasteiger partial charge is 0.310 e. The van der Waals surface area contributed by atoms with Gasteiger partial charge in [-0.2, -0.15) is 0 Å². The van der Waals surface area contributed by atoms with E-state index in [-0.39, 0.29) is 11.1 Å². The number of fused-ring (bicyclic) bond motifs is 5. The number of aryl methyl sites for hydroxylation is 2. The van der Waals surface area contributed by atoms with Crippen LogP contribution in [0.25, 0.3) is 29.8 Å². The molecule has 4 aromatic rings. The maximum atomic E-state index is 12.0. The van der Waals surface area contributed by atoms with E-state index in [9.17, 15) is 9.59 Å². The smallest absolute Gasteiger partial charge is 0.268 e. The molecule has 4 aromatic heterocycles. The van der Waals surface area contributed by atoms with E-state index >= 15 is 0 Å². The van der Waals surface area contributed by atoms with E-state index in [2.05, 4.69) is 19.9 Å². The summed E-state index contributed by atoms with van der Waals surface area (Å²) in [6.07, 6.45) is 0. The molecule has 0 spiro atoms. The van der Waals surface area contributed by atoms with Gasteiger partial charge in [0.05, 0.1) is 20.4 Å². The molecule has 0 saturated carbocycles. The minimum Gasteiger partial charge on any atom is -0.310 e. The van der Waals surface area contributed by atoms with Crippen LogP contribution in [0.15, 0.2) is 9.59 Å². The Morgan fingerprint density at radius 2 is 1.30 bits per heavy atom. The summed E-state index contributed by atoms with van der Waals surface area (Å²) in [5.74, 6) is 1.12. The van der Waals surface area contributed by atoms with Gasteiger partial charge >= 0.3 is 0 Å². The molecule has 20 heavy (non-hydrogen) atoms. The van der Waals surface area contributed by atoms with Crippen LogP contribution in [0.5, 0.6) is 0 Å². The Kier molecular flexibility index (Phi) is 2.19. The van der Waals surface area contributed by atoms with Crippen LogP contribution in [0, 0.1) is 13.8 Å². The summed E-state index contributed by atoms with van der Waals surface area (Å²) >= 11 is 2.71. The molecule has 100 valence electrons. The fourth-order valence-corrected chi connectivity index (χ4v) is 4.70. The minimum absolute atomic E-state index is 0.143. The summed E-state index contributed by atoms with van der Waals surface area (Å²) in [7, 11) is 0. The van der Waals surface area contributed by atoms with Gasteiger partial charge in [0.15, 0.2) is 0 Å². The molecule has 6 nitrogen and oxygen atoms in total. The summed E-state index contributed by atoms with van der Waals surface area (Å²) < 4.78 is 2.07. The Morgan fingerprint density at radius 1 is 0.850 bits per heavy atom. The standard InChI is InChI=1S/C12H8N4O2S2/c1-3-13-6-5-7-9(11(18)16-4(2)14-7)20-12(5)19-8(6)10(17)15-3/h1-2H3,(H,13,15,17)(H,14,16,18). The van der Waals surface area contributed by atoms with Gasteiger partial charge < -0.3 is 9.97 Å². The van der Waals surface area contributed by atoms with Crippen LogP contribution in [0.4, 0.5) is 0 Å². The molecule has 0 saturated heterocycles. The fraction of sp³-hybridized carbons (Fsp3) is 0.167. The Balaban J connectivity index is 2.38. The first-order valence-corrected chi connectivity index (χ1v) is 7.50. The molecule has 0 bridgehead atoms. The Morgan fingerprint density at radius 3 is 1.75 bits per heavy atom. The van der Waals surface area contributed by atoms with Crippen molar-refractivity contribution >= 4 is 52.5 Å². The third kappa shape index (κ3) is 1.43. The number of aromatic nitrogens is 4. The molecule has 0 aliphatic rings. The van der Waals surface area contributed by atoms with E-state index in [0.717, 1.165) is 9.40 Å². The quantitative estimate of drug-likeness (QED) is 0.520. The summed E-state index contributed by atoms with van der Waals surface area (Å²) in [6.45, 7) is 3.48. The van der Waals surface area contributed by atoms with E-state index in [1.54, 1.807) is 13.8 Å². The van der Waals surface area contributed by atoms with Crippen molar-refractivity contribution in [3.05, 3.63) is 32.4 Å². The van der Waals surface area contributed by atoms with Crippen LogP contribution in [0.2, 0.25) is 0 Å². The van der Waals surface area contributed by atoms with Gasteiger partial charge in [0, 0.05) is 0 Å². The number of hydrogen-bond donors (Lipinski definition) is 2. The van der Waals surface area contributed by atoms with Crippen LogP contribution in [0.1, 0.15) is 11.6 Å². The second-order valence-corrected chi connectivity index (χ2v) is 6.82. The van der Waals surface area contributed by atoms with Crippen molar-refractivity contribution in [3.8, 4) is 0 Å². The van der Waals surface area contributed by atoms with Crippen molar-refractivity contribution in [2.75, 3.05) is 0 Å². The first kappa shape index (κ1) is 11.7. The van der Waals surface area contributed by atoms with Crippen LogP contribution < -0.4 is 11.1 Å². The van der Waals surface area contributed by atoms with E-state index < -0.39 is 0 Å². The lowest BCUT2D eigenvalue weighted by molar-refractivity contribution is 1.06. The second-order valence-electron chi connectivity index (χ2n) is 4.52. The SMILES string of the molecule is Cc1nc2c(sc3sc4c(=O)[nH]c(C)nc4c32)c(=O)[nH]1. The van der Waals surface area contributed by atoms with E-state index in [1.165, 1.54) is 22.7 Å². The Hall–Kier alpha value is -2.06. The maximum Gasteiger partial charge on any atom is 0.268 e. The number of hydrogen-bond acceptors (Lipinski definition) is 6. The third-order valence-corrected chi connectivity index (χ3v) is 5.50. The number of H-pyrrole nitrogens is 2. The van der Waals surface area contributed by atoms with Crippen LogP contribution >= 0.6 is 22.7 Å². The molecule has 8 heteroatoms. The van der Waals surface area contributed by atoms with Gasteiger partial charge in [-0.15, -0.1) is 22.7 Å². The van der Waals surface area contributed by atoms with Crippen LogP contribution in [0.3, 0.4) is 0 Å². The molecule has 0 unspecified atom stereocenters. The van der Waals surface area contributed by atoms with E-state index in [0.29, 0.717) is 32.1 Å². The molecular formula is C12H8N4O2S2. The van der Waals surface area contributed by atoms with Gasteiger partial charge in [0.1, 0.15) is 21.0 Å². The highest BCUT2D eigenvalue weighted by Crippen LogP contribution is 2.40. The zero-order valence-electron chi connectivity index (χ0n) is 10.5. The zero-order valence-corrected chi connectivity index (χ0v) is 12.2. The van der Waals surface area contributed by atoms with Crippen molar-refractivity contribution in [1.82, 2.24) is 19.9 Å². The van der Waals surface area contributed by atoms with Crippen molar-refractivity contribution < 1.29 is 0 Å². The number of nitrogens with one attached hydrogen (secondary N) is 2. The molecule has 0 aliphatic heterocycles. The van der Waals surface area contributed by atoms with Gasteiger partial charge in [-0.1, -0.05) is 0 Å². The molecular weight excluding hydrogens is 296 g/mol. The van der Waals surface area contributed by atoms with Gasteiger partial charge in [-0.3, -0.25) is 9.59 Å². The molecule has 0 radical (unpaired) electrons. The molecule has 4 heterocycles. The van der Waals surface area contributed by atoms with Gasteiger partial charge in [0.25, 0.3) is 11.1 Å². The average Bonchev–Trinajstić information content (AvgIpc) is 2.87. The van der Waals surface area contributed by atoms with Gasteiger partial charge in [-0.25, -0.2) is 9.97 Å². The molecule has 0 atom stereocenters. The van der Waals surface area contributed by atoms with Crippen molar-refractivity contribution in [2.24, 2.45) is 0 Å². The lowest BCUT2D eigenvalue weighted by Gasteiger charge is -1.95. The van der Waals surface area contributed by atoms with Gasteiger partial charge in [-0.05, 0) is 13.8 Å². The van der Waals surface area contributed by atoms with Crippen molar-refractivity contribution in [1.29, 1.82) is 0 Å². The summed E-state index contributed by atoms with van der Waals surface area (Å²) in [4.78, 5) is 38.2. The average molecular weight is 304 g/mol. The zero-order chi connectivity index (χ0) is 14.0. The fourth-order valence-electron chi connectivity index (χ4n) is 2.29. The second kappa shape index (κ2) is 3.74. The summed E-state index contributed by atoms with van der Waals surface area (Å²) in [5, 5.41) is 0.813. The number of nitrogens with zero attached hydrogens (tertiary/aromatic N) is 2. The highest BCUT2D eigenvalue weighted by atomic mass is 32.2. The van der Waals surface area contributed by atoms with Crippen LogP contribution in [-0.4, -0.2) is 19.9 Å². The minimum atomic E-state index is -0.143. The Bertz CT molecular complexity index is 1030. The molecule has 0 aromatic carbocycles. The third-order valence-electron chi connectivity index (χ3n) is 3.06. The number of rotatable bonds is 0. The lowest BCUT2D eigenvalue weighted by atomic mass is 10.3. The van der Waals surface area contributed by atoms with Crippen molar-refractivity contribution in [2.45, 2.75) is 13.8 Å². The molecule has 0 fully saturated rings. The lowest BCUT2D eigenvalue weighted by Crippen LogP contribution is -2.08. The normalized spacial score (nSPS) is 11.9. The maximum absolute atomic E-state index is 12.0. The van der Waals surface area contributed by atoms with E-state index in [1.807, 2.05) is 0 Å². The number of thiophene rings is 2. The highest BCUT2D eigenvalue weighted by Gasteiger charge is 2.18. The Labute approximate surface area is 119 Å². The first-order chi connectivity index (χ1) is 9.54. The predicted octanol–water partition coefficient (Wildman–Crippen LogP) is 2.05. The molecule has 4 rings (SSSR count).